The van der Waals surface area contributed by atoms with Gasteiger partial charge in [-0.2, -0.15) is 0 Å². The maximum absolute atomic E-state index is 12.8. The zero-order valence-corrected chi connectivity index (χ0v) is 14.3. The smallest absolute Gasteiger partial charge is 0.337 e. The zero-order chi connectivity index (χ0) is 17.9. The van der Waals surface area contributed by atoms with Gasteiger partial charge in [0.25, 0.3) is 6.43 Å². The van der Waals surface area contributed by atoms with E-state index in [1.807, 2.05) is 24.3 Å². The number of methoxy groups -OCH3 is 1. The molecule has 1 fully saturated rings. The number of rotatable bonds is 6. The summed E-state index contributed by atoms with van der Waals surface area (Å²) >= 11 is 0. The third-order valence-corrected chi connectivity index (χ3v) is 4.93. The minimum atomic E-state index is -2.48. The van der Waals surface area contributed by atoms with Gasteiger partial charge in [0.1, 0.15) is 5.75 Å². The van der Waals surface area contributed by atoms with Crippen LogP contribution in [-0.2, 0) is 16.0 Å². The summed E-state index contributed by atoms with van der Waals surface area (Å²) in [4.78, 5) is 12.5. The lowest BCUT2D eigenvalue weighted by Crippen LogP contribution is -2.41. The number of hydrogen-bond donors (Lipinski definition) is 1. The number of nitrogens with one attached hydrogen (secondary N) is 1. The van der Waals surface area contributed by atoms with Crippen molar-refractivity contribution in [3.63, 3.8) is 0 Å². The van der Waals surface area contributed by atoms with Crippen LogP contribution in [0.1, 0.15) is 37.7 Å². The highest BCUT2D eigenvalue weighted by atomic mass is 19.3. The summed E-state index contributed by atoms with van der Waals surface area (Å²) in [6.07, 6.45) is 2.20. The van der Waals surface area contributed by atoms with Gasteiger partial charge in [-0.15, -0.1) is 0 Å². The Balaban J connectivity index is 1.89. The van der Waals surface area contributed by atoms with Crippen LogP contribution in [0, 0.1) is 0 Å². The van der Waals surface area contributed by atoms with E-state index in [4.69, 9.17) is 9.47 Å². The molecule has 1 spiro atoms. The van der Waals surface area contributed by atoms with Crippen LogP contribution < -0.4 is 10.1 Å². The molecule has 1 aliphatic heterocycles. The summed E-state index contributed by atoms with van der Waals surface area (Å²) in [5.74, 6) is 0.334. The van der Waals surface area contributed by atoms with Gasteiger partial charge in [-0.1, -0.05) is 18.6 Å². The predicted molar refractivity (Wildman–Crippen MR) is 89.6 cm³/mol. The molecular weight excluding hydrogens is 328 g/mol. The van der Waals surface area contributed by atoms with Gasteiger partial charge in [-0.3, -0.25) is 0 Å². The van der Waals surface area contributed by atoms with E-state index in [9.17, 15) is 13.6 Å². The van der Waals surface area contributed by atoms with Crippen LogP contribution in [0.5, 0.6) is 5.75 Å². The predicted octanol–water partition coefficient (Wildman–Crippen LogP) is 3.61. The third kappa shape index (κ3) is 3.78. The maximum Gasteiger partial charge on any atom is 0.337 e. The van der Waals surface area contributed by atoms with E-state index in [0.29, 0.717) is 30.5 Å². The first-order chi connectivity index (χ1) is 12.0. The highest BCUT2D eigenvalue weighted by Gasteiger charge is 2.48. The van der Waals surface area contributed by atoms with Crippen molar-refractivity contribution < 1.29 is 23.0 Å². The lowest BCUT2D eigenvalue weighted by Gasteiger charge is -2.34. The van der Waals surface area contributed by atoms with Crippen LogP contribution in [0.2, 0.25) is 0 Å². The lowest BCUT2D eigenvalue weighted by molar-refractivity contribution is -0.149. The largest absolute Gasteiger partial charge is 0.497 e. The van der Waals surface area contributed by atoms with E-state index < -0.39 is 24.5 Å². The molecule has 3 rings (SSSR count). The molecule has 1 saturated carbocycles. The fourth-order valence-corrected chi connectivity index (χ4v) is 3.70. The first kappa shape index (κ1) is 17.7. The highest BCUT2D eigenvalue weighted by molar-refractivity contribution is 5.93. The maximum atomic E-state index is 12.8. The minimum Gasteiger partial charge on any atom is -0.497 e. The molecule has 0 unspecified atom stereocenters. The van der Waals surface area contributed by atoms with Crippen LogP contribution in [0.3, 0.4) is 0 Å². The Labute approximate surface area is 146 Å². The number of ether oxygens (including phenoxy) is 2. The fourth-order valence-electron chi connectivity index (χ4n) is 3.70. The number of carbonyl (C=O) groups is 1. The molecule has 2 aliphatic rings. The average molecular weight is 351 g/mol. The average Bonchev–Trinajstić information content (AvgIpc) is 2.85. The van der Waals surface area contributed by atoms with Crippen LogP contribution in [0.4, 0.5) is 8.78 Å². The molecule has 0 atom stereocenters. The van der Waals surface area contributed by atoms with Gasteiger partial charge >= 0.3 is 5.97 Å². The van der Waals surface area contributed by atoms with Crippen LogP contribution in [-0.4, -0.2) is 31.7 Å². The molecule has 4 nitrogen and oxygen atoms in total. The fraction of sp³-hybridized carbons (Fsp3) is 0.526. The lowest BCUT2D eigenvalue weighted by atomic mass is 9.81. The molecule has 1 heterocycles. The molecule has 136 valence electrons. The summed E-state index contributed by atoms with van der Waals surface area (Å²) in [5.41, 5.74) is 1.20. The van der Waals surface area contributed by atoms with Gasteiger partial charge in [0.2, 0.25) is 0 Å². The number of carbonyl (C=O) groups excluding carboxylic acids is 1. The van der Waals surface area contributed by atoms with Crippen molar-refractivity contribution in [1.29, 1.82) is 0 Å². The van der Waals surface area contributed by atoms with Crippen molar-refractivity contribution >= 4 is 5.97 Å². The van der Waals surface area contributed by atoms with Gasteiger partial charge in [0, 0.05) is 6.42 Å². The number of halogens is 2. The topological polar surface area (TPSA) is 47.6 Å². The zero-order valence-electron chi connectivity index (χ0n) is 14.3. The van der Waals surface area contributed by atoms with Crippen molar-refractivity contribution in [3.8, 4) is 5.75 Å². The van der Waals surface area contributed by atoms with Gasteiger partial charge < -0.3 is 14.8 Å². The Hall–Kier alpha value is -2.11. The van der Waals surface area contributed by atoms with E-state index in [1.54, 1.807) is 7.11 Å². The first-order valence-electron chi connectivity index (χ1n) is 8.66. The molecule has 0 amide bonds. The Bertz CT molecular complexity index is 649. The van der Waals surface area contributed by atoms with Gasteiger partial charge in [0.15, 0.2) is 5.60 Å². The molecule has 0 radical (unpaired) electrons. The molecule has 0 bridgehead atoms. The van der Waals surface area contributed by atoms with E-state index in [1.165, 1.54) is 0 Å². The summed E-state index contributed by atoms with van der Waals surface area (Å²) in [6, 6.07) is 7.38. The van der Waals surface area contributed by atoms with E-state index >= 15 is 0 Å². The second-order valence-corrected chi connectivity index (χ2v) is 6.59. The van der Waals surface area contributed by atoms with Crippen molar-refractivity contribution in [3.05, 3.63) is 41.1 Å². The molecule has 1 aromatic rings. The SMILES string of the molecule is COc1ccc(CC2=C(NCC(F)F)C3(CCCCC3)OC2=O)cc1. The van der Waals surface area contributed by atoms with E-state index in [0.717, 1.165) is 30.6 Å². The molecule has 1 aliphatic carbocycles. The Morgan fingerprint density at radius 3 is 2.48 bits per heavy atom. The minimum absolute atomic E-state index is 0.357. The molecule has 1 N–H and O–H groups in total. The standard InChI is InChI=1S/C19H23F2NO3/c1-24-14-7-5-13(6-8-14)11-15-17(22-12-16(20)21)19(25-18(15)23)9-3-2-4-10-19/h5-8,16,22H,2-4,9-12H2,1H3. The number of benzene rings is 1. The number of alkyl halides is 2. The second kappa shape index (κ2) is 7.42. The van der Waals surface area contributed by atoms with Gasteiger partial charge in [0.05, 0.1) is 24.9 Å². The molecule has 6 heteroatoms. The monoisotopic (exact) mass is 351 g/mol. The Kier molecular flexibility index (Phi) is 5.25. The van der Waals surface area contributed by atoms with Crippen molar-refractivity contribution in [2.24, 2.45) is 0 Å². The molecule has 0 aromatic heterocycles. The highest BCUT2D eigenvalue weighted by Crippen LogP contribution is 2.43. The summed E-state index contributed by atoms with van der Waals surface area (Å²) in [7, 11) is 1.59. The molecule has 0 saturated heterocycles. The molecule has 25 heavy (non-hydrogen) atoms. The quantitative estimate of drug-likeness (QED) is 0.796. The summed E-state index contributed by atoms with van der Waals surface area (Å²) in [6.45, 7) is -0.472. The Morgan fingerprint density at radius 1 is 1.20 bits per heavy atom. The number of hydrogen-bond acceptors (Lipinski definition) is 4. The van der Waals surface area contributed by atoms with Crippen LogP contribution in [0.25, 0.3) is 0 Å². The van der Waals surface area contributed by atoms with Crippen molar-refractivity contribution in [2.45, 2.75) is 50.6 Å². The third-order valence-electron chi connectivity index (χ3n) is 4.93. The number of esters is 1. The second-order valence-electron chi connectivity index (χ2n) is 6.59. The first-order valence-corrected chi connectivity index (χ1v) is 8.66. The van der Waals surface area contributed by atoms with Gasteiger partial charge in [-0.25, -0.2) is 13.6 Å². The molecule has 1 aromatic carbocycles. The van der Waals surface area contributed by atoms with Crippen molar-refractivity contribution in [1.82, 2.24) is 5.32 Å². The van der Waals surface area contributed by atoms with Crippen LogP contribution >= 0.6 is 0 Å². The summed E-state index contributed by atoms with van der Waals surface area (Å²) in [5, 5.41) is 2.82. The molecular formula is C19H23F2NO3. The van der Waals surface area contributed by atoms with Crippen LogP contribution in [0.15, 0.2) is 35.5 Å². The van der Waals surface area contributed by atoms with Gasteiger partial charge in [-0.05, 0) is 43.4 Å². The van der Waals surface area contributed by atoms with E-state index in [2.05, 4.69) is 5.32 Å². The summed E-state index contributed by atoms with van der Waals surface area (Å²) < 4.78 is 36.4. The van der Waals surface area contributed by atoms with Crippen molar-refractivity contribution in [2.75, 3.05) is 13.7 Å². The van der Waals surface area contributed by atoms with E-state index in [-0.39, 0.29) is 0 Å². The normalized spacial score (nSPS) is 19.4. The Morgan fingerprint density at radius 2 is 1.88 bits per heavy atom.